The number of aromatic nitrogens is 6. The van der Waals surface area contributed by atoms with Crippen molar-refractivity contribution < 1.29 is 0 Å². The monoisotopic (exact) mass is 514 g/mol. The molecule has 0 radical (unpaired) electrons. The van der Waals surface area contributed by atoms with Gasteiger partial charge < -0.3 is 0 Å². The fraction of sp³-hybridized carbons (Fsp3) is 0. The quantitative estimate of drug-likeness (QED) is 0.242. The van der Waals surface area contributed by atoms with Crippen LogP contribution in [0.2, 0.25) is 0 Å². The molecular formula is C34H22N6. The van der Waals surface area contributed by atoms with Crippen LogP contribution in [0.25, 0.3) is 67.1 Å². The molecule has 8 aromatic rings. The van der Waals surface area contributed by atoms with Crippen LogP contribution >= 0.6 is 0 Å². The maximum absolute atomic E-state index is 5.31. The number of nitrogens with zero attached hydrogens (tertiary/aromatic N) is 6. The van der Waals surface area contributed by atoms with Crippen molar-refractivity contribution in [3.05, 3.63) is 134 Å². The van der Waals surface area contributed by atoms with Gasteiger partial charge in [-0.3, -0.25) is 14.1 Å². The van der Waals surface area contributed by atoms with Crippen molar-refractivity contribution in [2.45, 2.75) is 0 Å². The first-order chi connectivity index (χ1) is 19.9. The molecule has 0 atom stereocenters. The minimum absolute atomic E-state index is 0.609. The summed E-state index contributed by atoms with van der Waals surface area (Å²) in [6, 6.07) is 39.3. The van der Waals surface area contributed by atoms with Crippen LogP contribution in [0.1, 0.15) is 0 Å². The van der Waals surface area contributed by atoms with Gasteiger partial charge in [0.1, 0.15) is 5.82 Å². The number of fused-ring (bicyclic) bond motifs is 5. The highest BCUT2D eigenvalue weighted by Gasteiger charge is 2.21. The van der Waals surface area contributed by atoms with Crippen molar-refractivity contribution in [2.24, 2.45) is 0 Å². The van der Waals surface area contributed by atoms with Crippen LogP contribution in [-0.4, -0.2) is 29.1 Å². The SMILES string of the molecule is c1ccc(-c2nc3c4c5ccccc5n(-c5nccc(-c6cccnc6)n5)c4ccc3n2-c2ccccc2)cc1. The maximum Gasteiger partial charge on any atom is 0.235 e. The van der Waals surface area contributed by atoms with Crippen molar-refractivity contribution in [1.29, 1.82) is 0 Å². The van der Waals surface area contributed by atoms with Crippen LogP contribution < -0.4 is 0 Å². The fourth-order valence-electron chi connectivity index (χ4n) is 5.56. The summed E-state index contributed by atoms with van der Waals surface area (Å²) in [5.41, 5.74) is 7.93. The van der Waals surface area contributed by atoms with Gasteiger partial charge >= 0.3 is 0 Å². The standard InChI is InChI=1S/C34H22N6/c1-3-10-23(11-4-1)33-38-32-30(39(33)25-13-5-2-6-14-25)18-17-29-31(32)26-15-7-8-16-28(26)40(29)34-36-21-19-27(37-34)24-12-9-20-35-22-24/h1-22H. The number of para-hydroxylation sites is 2. The van der Waals surface area contributed by atoms with E-state index in [1.54, 1.807) is 12.4 Å². The van der Waals surface area contributed by atoms with E-state index in [1.807, 2.05) is 36.5 Å². The molecule has 0 bridgehead atoms. The zero-order chi connectivity index (χ0) is 26.5. The summed E-state index contributed by atoms with van der Waals surface area (Å²) in [5.74, 6) is 1.51. The Kier molecular flexibility index (Phi) is 5.03. The van der Waals surface area contributed by atoms with E-state index in [0.29, 0.717) is 5.95 Å². The van der Waals surface area contributed by atoms with E-state index in [9.17, 15) is 0 Å². The van der Waals surface area contributed by atoms with Gasteiger partial charge in [-0.15, -0.1) is 0 Å². The van der Waals surface area contributed by atoms with Gasteiger partial charge in [0.2, 0.25) is 5.95 Å². The Labute approximate surface area is 229 Å². The first-order valence-corrected chi connectivity index (χ1v) is 13.2. The second-order valence-electron chi connectivity index (χ2n) is 9.64. The van der Waals surface area contributed by atoms with Crippen molar-refractivity contribution >= 4 is 32.8 Å². The summed E-state index contributed by atoms with van der Waals surface area (Å²) in [6.07, 6.45) is 5.40. The number of imidazole rings is 1. The normalized spacial score (nSPS) is 11.5. The summed E-state index contributed by atoms with van der Waals surface area (Å²) in [5, 5.41) is 2.19. The maximum atomic E-state index is 5.31. The second-order valence-corrected chi connectivity index (χ2v) is 9.64. The minimum atomic E-state index is 0.609. The van der Waals surface area contributed by atoms with E-state index in [4.69, 9.17) is 15.0 Å². The molecule has 0 unspecified atom stereocenters. The number of pyridine rings is 1. The molecule has 40 heavy (non-hydrogen) atoms. The van der Waals surface area contributed by atoms with Gasteiger partial charge in [0.05, 0.1) is 27.8 Å². The van der Waals surface area contributed by atoms with E-state index in [0.717, 1.165) is 61.2 Å². The average molecular weight is 515 g/mol. The van der Waals surface area contributed by atoms with Crippen LogP contribution in [0.4, 0.5) is 0 Å². The van der Waals surface area contributed by atoms with Crippen LogP contribution in [0.5, 0.6) is 0 Å². The Morgan fingerprint density at radius 3 is 2.10 bits per heavy atom. The van der Waals surface area contributed by atoms with Gasteiger partial charge in [0.25, 0.3) is 0 Å². The van der Waals surface area contributed by atoms with Gasteiger partial charge in [0.15, 0.2) is 0 Å². The molecule has 4 heterocycles. The molecule has 0 saturated heterocycles. The molecule has 0 aliphatic heterocycles. The Hall–Kier alpha value is -5.62. The molecule has 0 N–H and O–H groups in total. The molecule has 4 aromatic heterocycles. The summed E-state index contributed by atoms with van der Waals surface area (Å²) in [6.45, 7) is 0. The lowest BCUT2D eigenvalue weighted by Crippen LogP contribution is -2.01. The van der Waals surface area contributed by atoms with Crippen molar-refractivity contribution in [1.82, 2.24) is 29.1 Å². The molecule has 0 aliphatic carbocycles. The second kappa shape index (κ2) is 8.99. The first kappa shape index (κ1) is 22.4. The highest BCUT2D eigenvalue weighted by atomic mass is 15.2. The van der Waals surface area contributed by atoms with E-state index < -0.39 is 0 Å². The lowest BCUT2D eigenvalue weighted by atomic mass is 10.1. The molecule has 6 heteroatoms. The predicted octanol–water partition coefficient (Wildman–Crippen LogP) is 7.64. The lowest BCUT2D eigenvalue weighted by molar-refractivity contribution is 0.991. The fourth-order valence-corrected chi connectivity index (χ4v) is 5.56. The summed E-state index contributed by atoms with van der Waals surface area (Å²) < 4.78 is 4.38. The van der Waals surface area contributed by atoms with Crippen LogP contribution in [0, 0.1) is 0 Å². The topological polar surface area (TPSA) is 61.4 Å². The summed E-state index contributed by atoms with van der Waals surface area (Å²) in [4.78, 5) is 19.3. The largest absolute Gasteiger partial charge is 0.292 e. The first-order valence-electron chi connectivity index (χ1n) is 13.2. The number of benzene rings is 4. The zero-order valence-electron chi connectivity index (χ0n) is 21.4. The molecule has 0 saturated carbocycles. The van der Waals surface area contributed by atoms with E-state index >= 15 is 0 Å². The lowest BCUT2D eigenvalue weighted by Gasteiger charge is -2.10. The molecule has 8 rings (SSSR count). The van der Waals surface area contributed by atoms with Crippen LogP contribution in [0.15, 0.2) is 134 Å². The van der Waals surface area contributed by atoms with E-state index in [2.05, 4.69) is 99.0 Å². The molecule has 188 valence electrons. The molecule has 6 nitrogen and oxygen atoms in total. The van der Waals surface area contributed by atoms with Crippen LogP contribution in [-0.2, 0) is 0 Å². The predicted molar refractivity (Wildman–Crippen MR) is 160 cm³/mol. The molecular weight excluding hydrogens is 492 g/mol. The number of rotatable bonds is 4. The Morgan fingerprint density at radius 1 is 0.525 bits per heavy atom. The number of hydrogen-bond donors (Lipinski definition) is 0. The van der Waals surface area contributed by atoms with Gasteiger partial charge in [-0.25, -0.2) is 15.0 Å². The van der Waals surface area contributed by atoms with E-state index in [1.165, 1.54) is 0 Å². The van der Waals surface area contributed by atoms with Gasteiger partial charge in [0, 0.05) is 46.2 Å². The van der Waals surface area contributed by atoms with Crippen molar-refractivity contribution in [3.8, 4) is 34.3 Å². The Bertz CT molecular complexity index is 2150. The van der Waals surface area contributed by atoms with Crippen LogP contribution in [0.3, 0.4) is 0 Å². The van der Waals surface area contributed by atoms with Crippen molar-refractivity contribution in [3.63, 3.8) is 0 Å². The van der Waals surface area contributed by atoms with Gasteiger partial charge in [-0.2, -0.15) is 0 Å². The Morgan fingerprint density at radius 2 is 1.27 bits per heavy atom. The summed E-state index contributed by atoms with van der Waals surface area (Å²) in [7, 11) is 0. The summed E-state index contributed by atoms with van der Waals surface area (Å²) >= 11 is 0. The van der Waals surface area contributed by atoms with Gasteiger partial charge in [-0.1, -0.05) is 66.7 Å². The Balaban J connectivity index is 1.46. The molecule has 4 aromatic carbocycles. The third-order valence-electron chi connectivity index (χ3n) is 7.31. The average Bonchev–Trinajstić information content (AvgIpc) is 3.59. The zero-order valence-corrected chi connectivity index (χ0v) is 21.4. The third kappa shape index (κ3) is 3.43. The minimum Gasteiger partial charge on any atom is -0.292 e. The highest BCUT2D eigenvalue weighted by Crippen LogP contribution is 2.38. The molecule has 0 spiro atoms. The smallest absolute Gasteiger partial charge is 0.235 e. The van der Waals surface area contributed by atoms with Gasteiger partial charge in [-0.05, 0) is 48.5 Å². The van der Waals surface area contributed by atoms with E-state index in [-0.39, 0.29) is 0 Å². The number of hydrogen-bond acceptors (Lipinski definition) is 4. The third-order valence-corrected chi connectivity index (χ3v) is 7.31. The molecule has 0 amide bonds. The molecule has 0 aliphatic rings. The highest BCUT2D eigenvalue weighted by molar-refractivity contribution is 6.20. The molecule has 0 fully saturated rings. The van der Waals surface area contributed by atoms with Crippen molar-refractivity contribution in [2.75, 3.05) is 0 Å².